The molecule has 5 nitrogen and oxygen atoms in total. The van der Waals surface area contributed by atoms with Gasteiger partial charge in [0.2, 0.25) is 5.91 Å². The van der Waals surface area contributed by atoms with Gasteiger partial charge in [-0.2, -0.15) is 0 Å². The Morgan fingerprint density at radius 2 is 1.95 bits per heavy atom. The molecule has 0 aliphatic rings. The molecule has 1 rings (SSSR count). The second kappa shape index (κ2) is 8.64. The molecule has 1 aromatic carbocycles. The summed E-state index contributed by atoms with van der Waals surface area (Å²) in [5.74, 6) is -0.299. The lowest BCUT2D eigenvalue weighted by molar-refractivity contribution is -0.116. The summed E-state index contributed by atoms with van der Waals surface area (Å²) in [6.07, 6.45) is 3.01. The first-order chi connectivity index (χ1) is 9.95. The van der Waals surface area contributed by atoms with Crippen molar-refractivity contribution in [2.24, 2.45) is 5.73 Å². The zero-order valence-corrected chi connectivity index (χ0v) is 13.2. The number of anilines is 1. The molecule has 0 unspecified atom stereocenters. The highest BCUT2D eigenvalue weighted by Crippen LogP contribution is 2.22. The van der Waals surface area contributed by atoms with Crippen molar-refractivity contribution in [3.8, 4) is 0 Å². The third kappa shape index (κ3) is 5.73. The Labute approximate surface area is 130 Å². The Bertz CT molecular complexity index is 504. The lowest BCUT2D eigenvalue weighted by atomic mass is 10.1. The number of carbonyl (C=O) groups excluding carboxylic acids is 2. The maximum Gasteiger partial charge on any atom is 0.255 e. The SMILES string of the molecule is CN(C)C(=O)c1ccc(Cl)cc1NC(=O)CCCCCN. The van der Waals surface area contributed by atoms with Crippen molar-refractivity contribution >= 4 is 29.1 Å². The van der Waals surface area contributed by atoms with E-state index in [1.54, 1.807) is 32.3 Å². The van der Waals surface area contributed by atoms with Gasteiger partial charge in [0.05, 0.1) is 11.3 Å². The molecule has 0 fully saturated rings. The van der Waals surface area contributed by atoms with Gasteiger partial charge in [0, 0.05) is 25.5 Å². The predicted molar refractivity (Wildman–Crippen MR) is 85.6 cm³/mol. The lowest BCUT2D eigenvalue weighted by Gasteiger charge is -2.15. The summed E-state index contributed by atoms with van der Waals surface area (Å²) in [6.45, 7) is 0.636. The van der Waals surface area contributed by atoms with Gasteiger partial charge in [-0.3, -0.25) is 9.59 Å². The standard InChI is InChI=1S/C15H22ClN3O2/c1-19(2)15(21)12-8-7-11(16)10-13(12)18-14(20)6-4-3-5-9-17/h7-8,10H,3-6,9,17H2,1-2H3,(H,18,20). The van der Waals surface area contributed by atoms with E-state index in [2.05, 4.69) is 5.32 Å². The van der Waals surface area contributed by atoms with Crippen LogP contribution in [0.4, 0.5) is 5.69 Å². The molecule has 0 atom stereocenters. The molecule has 3 N–H and O–H groups in total. The first kappa shape index (κ1) is 17.5. The van der Waals surface area contributed by atoms with Crippen molar-refractivity contribution in [3.63, 3.8) is 0 Å². The Morgan fingerprint density at radius 1 is 1.24 bits per heavy atom. The Morgan fingerprint density at radius 3 is 2.57 bits per heavy atom. The van der Waals surface area contributed by atoms with Gasteiger partial charge >= 0.3 is 0 Å². The van der Waals surface area contributed by atoms with Crippen LogP contribution in [-0.2, 0) is 4.79 Å². The first-order valence-corrected chi connectivity index (χ1v) is 7.34. The van der Waals surface area contributed by atoms with E-state index in [0.29, 0.717) is 29.2 Å². The average Bonchev–Trinajstić information content (AvgIpc) is 2.43. The normalized spacial score (nSPS) is 10.3. The Hall–Kier alpha value is -1.59. The number of amides is 2. The van der Waals surface area contributed by atoms with Crippen LogP contribution in [0.25, 0.3) is 0 Å². The number of nitrogens with zero attached hydrogens (tertiary/aromatic N) is 1. The number of hydrogen-bond acceptors (Lipinski definition) is 3. The van der Waals surface area contributed by atoms with Gasteiger partial charge in [-0.15, -0.1) is 0 Å². The van der Waals surface area contributed by atoms with Crippen LogP contribution >= 0.6 is 11.6 Å². The summed E-state index contributed by atoms with van der Waals surface area (Å²) in [7, 11) is 3.32. The number of rotatable bonds is 7. The van der Waals surface area contributed by atoms with Crippen molar-refractivity contribution in [3.05, 3.63) is 28.8 Å². The van der Waals surface area contributed by atoms with Crippen LogP contribution in [0.1, 0.15) is 36.0 Å². The molecule has 0 bridgehead atoms. The molecule has 0 radical (unpaired) electrons. The van der Waals surface area contributed by atoms with Crippen molar-refractivity contribution < 1.29 is 9.59 Å². The van der Waals surface area contributed by atoms with E-state index in [4.69, 9.17) is 17.3 Å². The van der Waals surface area contributed by atoms with Crippen molar-refractivity contribution in [1.82, 2.24) is 4.90 Å². The molecule has 116 valence electrons. The quantitative estimate of drug-likeness (QED) is 0.760. The molecular weight excluding hydrogens is 290 g/mol. The van der Waals surface area contributed by atoms with E-state index in [-0.39, 0.29) is 11.8 Å². The molecule has 21 heavy (non-hydrogen) atoms. The van der Waals surface area contributed by atoms with E-state index >= 15 is 0 Å². The van der Waals surface area contributed by atoms with Crippen LogP contribution in [0.15, 0.2) is 18.2 Å². The van der Waals surface area contributed by atoms with Crippen LogP contribution in [0.5, 0.6) is 0 Å². The van der Waals surface area contributed by atoms with Gasteiger partial charge in [0.25, 0.3) is 5.91 Å². The number of hydrogen-bond donors (Lipinski definition) is 2. The van der Waals surface area contributed by atoms with Crippen LogP contribution < -0.4 is 11.1 Å². The first-order valence-electron chi connectivity index (χ1n) is 6.97. The zero-order valence-electron chi connectivity index (χ0n) is 12.5. The fourth-order valence-corrected chi connectivity index (χ4v) is 2.04. The largest absolute Gasteiger partial charge is 0.345 e. The summed E-state index contributed by atoms with van der Waals surface area (Å²) < 4.78 is 0. The molecule has 0 saturated carbocycles. The van der Waals surface area contributed by atoms with Gasteiger partial charge in [-0.25, -0.2) is 0 Å². The monoisotopic (exact) mass is 311 g/mol. The third-order valence-corrected chi connectivity index (χ3v) is 3.24. The molecule has 0 heterocycles. The molecule has 2 amide bonds. The molecule has 0 aromatic heterocycles. The second-order valence-corrected chi connectivity index (χ2v) is 5.47. The zero-order chi connectivity index (χ0) is 15.8. The van der Waals surface area contributed by atoms with Crippen molar-refractivity contribution in [1.29, 1.82) is 0 Å². The van der Waals surface area contributed by atoms with Crippen LogP contribution in [0, 0.1) is 0 Å². The second-order valence-electron chi connectivity index (χ2n) is 5.04. The topological polar surface area (TPSA) is 75.4 Å². The van der Waals surface area contributed by atoms with Gasteiger partial charge in [-0.05, 0) is 37.6 Å². The lowest BCUT2D eigenvalue weighted by Crippen LogP contribution is -2.24. The van der Waals surface area contributed by atoms with E-state index in [0.717, 1.165) is 19.3 Å². The van der Waals surface area contributed by atoms with E-state index < -0.39 is 0 Å². The van der Waals surface area contributed by atoms with Crippen molar-refractivity contribution in [2.45, 2.75) is 25.7 Å². The maximum atomic E-state index is 12.1. The summed E-state index contributed by atoms with van der Waals surface area (Å²) in [4.78, 5) is 25.5. The minimum Gasteiger partial charge on any atom is -0.345 e. The number of nitrogens with one attached hydrogen (secondary N) is 1. The molecule has 0 aliphatic heterocycles. The molecular formula is C15H22ClN3O2. The highest BCUT2D eigenvalue weighted by atomic mass is 35.5. The number of halogens is 1. The fourth-order valence-electron chi connectivity index (χ4n) is 1.87. The predicted octanol–water partition coefficient (Wildman–Crippen LogP) is 2.50. The minimum atomic E-state index is -0.176. The van der Waals surface area contributed by atoms with Crippen LogP contribution in [0.3, 0.4) is 0 Å². The smallest absolute Gasteiger partial charge is 0.255 e. The van der Waals surface area contributed by atoms with Crippen LogP contribution in [0.2, 0.25) is 5.02 Å². The highest BCUT2D eigenvalue weighted by molar-refractivity contribution is 6.31. The van der Waals surface area contributed by atoms with Gasteiger partial charge in [0.15, 0.2) is 0 Å². The number of carbonyl (C=O) groups is 2. The molecule has 0 saturated heterocycles. The van der Waals surface area contributed by atoms with E-state index in [1.165, 1.54) is 4.90 Å². The Kier molecular flexibility index (Phi) is 7.19. The van der Waals surface area contributed by atoms with Crippen LogP contribution in [-0.4, -0.2) is 37.4 Å². The summed E-state index contributed by atoms with van der Waals surface area (Å²) in [5, 5.41) is 3.24. The molecule has 1 aromatic rings. The maximum absolute atomic E-state index is 12.1. The van der Waals surface area contributed by atoms with E-state index in [1.807, 2.05) is 0 Å². The summed E-state index contributed by atoms with van der Waals surface area (Å²) >= 11 is 5.94. The third-order valence-electron chi connectivity index (χ3n) is 3.00. The number of nitrogens with two attached hydrogens (primary N) is 1. The van der Waals surface area contributed by atoms with Crippen molar-refractivity contribution in [2.75, 3.05) is 26.0 Å². The summed E-state index contributed by atoms with van der Waals surface area (Å²) in [5.41, 5.74) is 6.29. The molecule has 0 aliphatic carbocycles. The summed E-state index contributed by atoms with van der Waals surface area (Å²) in [6, 6.07) is 4.85. The highest BCUT2D eigenvalue weighted by Gasteiger charge is 2.15. The molecule has 6 heteroatoms. The molecule has 0 spiro atoms. The number of benzene rings is 1. The Balaban J connectivity index is 2.75. The van der Waals surface area contributed by atoms with Gasteiger partial charge in [-0.1, -0.05) is 18.0 Å². The van der Waals surface area contributed by atoms with E-state index in [9.17, 15) is 9.59 Å². The fraction of sp³-hybridized carbons (Fsp3) is 0.467. The number of unbranched alkanes of at least 4 members (excludes halogenated alkanes) is 2. The average molecular weight is 312 g/mol. The van der Waals surface area contributed by atoms with Gasteiger partial charge in [0.1, 0.15) is 0 Å². The van der Waals surface area contributed by atoms with Gasteiger partial charge < -0.3 is 16.0 Å². The minimum absolute atomic E-state index is 0.123.